The first-order valence-electron chi connectivity index (χ1n) is 16.6. The summed E-state index contributed by atoms with van der Waals surface area (Å²) in [6.45, 7) is 1.68. The summed E-state index contributed by atoms with van der Waals surface area (Å²) >= 11 is 0. The van der Waals surface area contributed by atoms with Crippen LogP contribution in [0.1, 0.15) is 52.0 Å². The Labute approximate surface area is 290 Å². The van der Waals surface area contributed by atoms with Crippen LogP contribution in [0, 0.1) is 0 Å². The van der Waals surface area contributed by atoms with E-state index in [4.69, 9.17) is 9.95 Å². The number of carbonyl (C=O) groups is 1. The normalized spacial score (nSPS) is 11.4. The third-order valence-corrected chi connectivity index (χ3v) is 8.99. The zero-order valence-electron chi connectivity index (χ0n) is 27.8. The number of rotatable bonds is 11. The summed E-state index contributed by atoms with van der Waals surface area (Å²) in [4.78, 5) is 17.5. The largest absolute Gasteiger partial charge is 0.464 e. The van der Waals surface area contributed by atoms with Gasteiger partial charge in [0.15, 0.2) is 11.5 Å². The molecule has 7 aromatic rings. The van der Waals surface area contributed by atoms with E-state index in [1.54, 1.807) is 4.57 Å². The summed E-state index contributed by atoms with van der Waals surface area (Å²) in [5.41, 5.74) is 6.12. The zero-order chi connectivity index (χ0) is 34.5. The van der Waals surface area contributed by atoms with Crippen molar-refractivity contribution in [1.82, 2.24) is 29.8 Å². The van der Waals surface area contributed by atoms with E-state index in [-0.39, 0.29) is 12.3 Å². The molecule has 2 heterocycles. The molecule has 9 heteroatoms. The number of benzene rings is 5. The van der Waals surface area contributed by atoms with Crippen LogP contribution in [0.25, 0.3) is 28.2 Å². The van der Waals surface area contributed by atoms with Crippen LogP contribution >= 0.6 is 0 Å². The highest BCUT2D eigenvalue weighted by Crippen LogP contribution is 2.43. The standard InChI is InChI=1S/C41H36N6O3/c1-3-15-37-42-36(28-48)38(40(49)50-2)46(37)33-26-24-29(25-27-33)34-22-13-14-23-35(34)39-43-44-45-47(39)41(30-16-7-4-8-17-30,31-18-9-5-10-19-31)32-20-11-6-12-21-32/h4-14,16-27,48H,3,15,28H2,1-2H3. The highest BCUT2D eigenvalue weighted by atomic mass is 16.5. The van der Waals surface area contributed by atoms with E-state index >= 15 is 0 Å². The molecule has 248 valence electrons. The number of esters is 1. The number of nitrogens with zero attached hydrogens (tertiary/aromatic N) is 6. The lowest BCUT2D eigenvalue weighted by Crippen LogP contribution is -2.39. The maximum atomic E-state index is 12.9. The quantitative estimate of drug-likeness (QED) is 0.115. The lowest BCUT2D eigenvalue weighted by atomic mass is 9.77. The van der Waals surface area contributed by atoms with Gasteiger partial charge >= 0.3 is 5.97 Å². The molecule has 0 aliphatic heterocycles. The van der Waals surface area contributed by atoms with Crippen molar-refractivity contribution >= 4 is 5.97 Å². The molecule has 0 aliphatic carbocycles. The molecule has 0 amide bonds. The summed E-state index contributed by atoms with van der Waals surface area (Å²) in [6.07, 6.45) is 1.45. The van der Waals surface area contributed by atoms with E-state index in [0.717, 1.165) is 45.5 Å². The van der Waals surface area contributed by atoms with E-state index in [0.29, 0.717) is 23.8 Å². The number of hydrogen-bond donors (Lipinski definition) is 1. The molecule has 0 spiro atoms. The van der Waals surface area contributed by atoms with Crippen LogP contribution in [0.15, 0.2) is 140 Å². The van der Waals surface area contributed by atoms with E-state index in [1.165, 1.54) is 7.11 Å². The molecule has 0 unspecified atom stereocenters. The van der Waals surface area contributed by atoms with Crippen LogP contribution < -0.4 is 0 Å². The number of hydrogen-bond acceptors (Lipinski definition) is 7. The first-order valence-corrected chi connectivity index (χ1v) is 16.6. The van der Waals surface area contributed by atoms with E-state index in [2.05, 4.69) is 57.8 Å². The van der Waals surface area contributed by atoms with Gasteiger partial charge in [-0.3, -0.25) is 4.57 Å². The second-order valence-electron chi connectivity index (χ2n) is 11.9. The van der Waals surface area contributed by atoms with Crippen LogP contribution in [-0.4, -0.2) is 47.9 Å². The van der Waals surface area contributed by atoms with Crippen LogP contribution in [0.4, 0.5) is 0 Å². The Bertz CT molecular complexity index is 2120. The van der Waals surface area contributed by atoms with Gasteiger partial charge in [-0.15, -0.1) is 5.10 Å². The molecule has 0 saturated heterocycles. The van der Waals surface area contributed by atoms with E-state index < -0.39 is 11.5 Å². The van der Waals surface area contributed by atoms with Crippen molar-refractivity contribution in [2.24, 2.45) is 0 Å². The predicted octanol–water partition coefficient (Wildman–Crippen LogP) is 7.26. The number of imidazole rings is 1. The van der Waals surface area contributed by atoms with Crippen molar-refractivity contribution in [1.29, 1.82) is 0 Å². The van der Waals surface area contributed by atoms with Crippen LogP contribution in [0.3, 0.4) is 0 Å². The Hall–Kier alpha value is -6.19. The number of aliphatic hydroxyl groups excluding tert-OH is 1. The van der Waals surface area contributed by atoms with Gasteiger partial charge in [0.2, 0.25) is 0 Å². The lowest BCUT2D eigenvalue weighted by molar-refractivity contribution is 0.0587. The van der Waals surface area contributed by atoms with Crippen molar-refractivity contribution in [3.05, 3.63) is 173 Å². The number of aliphatic hydroxyl groups is 1. The molecule has 0 bridgehead atoms. The summed E-state index contributed by atoms with van der Waals surface area (Å²) in [5.74, 6) is 0.730. The summed E-state index contributed by atoms with van der Waals surface area (Å²) in [5, 5.41) is 23.7. The minimum Gasteiger partial charge on any atom is -0.464 e. The molecule has 2 aromatic heterocycles. The zero-order valence-corrected chi connectivity index (χ0v) is 27.8. The van der Waals surface area contributed by atoms with Crippen LogP contribution in [0.2, 0.25) is 0 Å². The second kappa shape index (κ2) is 14.1. The fourth-order valence-electron chi connectivity index (χ4n) is 6.81. The molecule has 5 aromatic carbocycles. The van der Waals surface area contributed by atoms with E-state index in [9.17, 15) is 9.90 Å². The molecule has 0 atom stereocenters. The topological polar surface area (TPSA) is 108 Å². The fraction of sp³-hybridized carbons (Fsp3) is 0.146. The molecule has 9 nitrogen and oxygen atoms in total. The highest BCUT2D eigenvalue weighted by molar-refractivity contribution is 5.90. The minimum atomic E-state index is -0.897. The van der Waals surface area contributed by atoms with Crippen molar-refractivity contribution in [3.8, 4) is 28.2 Å². The number of aryl methyl sites for hydroxylation is 1. The smallest absolute Gasteiger partial charge is 0.357 e. The molecule has 1 N–H and O–H groups in total. The fourth-order valence-corrected chi connectivity index (χ4v) is 6.81. The summed E-state index contributed by atoms with van der Waals surface area (Å²) < 4.78 is 8.80. The monoisotopic (exact) mass is 660 g/mol. The average Bonchev–Trinajstić information content (AvgIpc) is 3.82. The number of carbonyl (C=O) groups excluding carboxylic acids is 1. The van der Waals surface area contributed by atoms with E-state index in [1.807, 2.05) is 109 Å². The maximum Gasteiger partial charge on any atom is 0.357 e. The minimum absolute atomic E-state index is 0.227. The number of methoxy groups -OCH3 is 1. The Morgan fingerprint density at radius 3 is 1.80 bits per heavy atom. The van der Waals surface area contributed by atoms with Gasteiger partial charge in [-0.1, -0.05) is 134 Å². The lowest BCUT2D eigenvalue weighted by Gasteiger charge is -2.36. The maximum absolute atomic E-state index is 12.9. The summed E-state index contributed by atoms with van der Waals surface area (Å²) in [6, 6.07) is 47.0. The van der Waals surface area contributed by atoms with Crippen LogP contribution in [-0.2, 0) is 23.3 Å². The number of ether oxygens (including phenoxy) is 1. The molecular formula is C41H36N6O3. The second-order valence-corrected chi connectivity index (χ2v) is 11.9. The van der Waals surface area contributed by atoms with Gasteiger partial charge in [-0.05, 0) is 56.8 Å². The third kappa shape index (κ3) is 5.57. The number of tetrazole rings is 1. The first kappa shape index (κ1) is 32.4. The molecule has 0 fully saturated rings. The molecular weight excluding hydrogens is 624 g/mol. The first-order chi connectivity index (χ1) is 24.6. The van der Waals surface area contributed by atoms with Crippen molar-refractivity contribution in [2.75, 3.05) is 7.11 Å². The molecule has 7 rings (SSSR count). The molecule has 0 aliphatic rings. The Balaban J connectivity index is 1.40. The Kier molecular flexibility index (Phi) is 9.14. The SMILES string of the molecule is CCCc1nc(CO)c(C(=O)OC)n1-c1ccc(-c2ccccc2-c2nnnn2C(c2ccccc2)(c2ccccc2)c2ccccc2)cc1. The summed E-state index contributed by atoms with van der Waals surface area (Å²) in [7, 11) is 1.33. The van der Waals surface area contributed by atoms with Gasteiger partial charge in [0.05, 0.1) is 19.4 Å². The Morgan fingerprint density at radius 1 is 0.740 bits per heavy atom. The van der Waals surface area contributed by atoms with Gasteiger partial charge in [-0.2, -0.15) is 0 Å². The highest BCUT2D eigenvalue weighted by Gasteiger charge is 2.42. The van der Waals surface area contributed by atoms with Crippen LogP contribution in [0.5, 0.6) is 0 Å². The Morgan fingerprint density at radius 2 is 1.28 bits per heavy atom. The van der Waals surface area contributed by atoms with Gasteiger partial charge < -0.3 is 9.84 Å². The molecule has 50 heavy (non-hydrogen) atoms. The molecule has 0 radical (unpaired) electrons. The van der Waals surface area contributed by atoms with Crippen molar-refractivity contribution in [3.63, 3.8) is 0 Å². The third-order valence-electron chi connectivity index (χ3n) is 8.99. The molecule has 0 saturated carbocycles. The van der Waals surface area contributed by atoms with Gasteiger partial charge in [0.1, 0.15) is 11.4 Å². The van der Waals surface area contributed by atoms with Crippen molar-refractivity contribution in [2.45, 2.75) is 31.9 Å². The van der Waals surface area contributed by atoms with Gasteiger partial charge in [0.25, 0.3) is 0 Å². The number of aromatic nitrogens is 6. The van der Waals surface area contributed by atoms with Gasteiger partial charge in [-0.25, -0.2) is 14.5 Å². The van der Waals surface area contributed by atoms with Gasteiger partial charge in [0, 0.05) is 17.7 Å². The average molecular weight is 661 g/mol. The predicted molar refractivity (Wildman–Crippen MR) is 192 cm³/mol. The van der Waals surface area contributed by atoms with Crippen molar-refractivity contribution < 1.29 is 14.6 Å².